The SMILES string of the molecule is COc1ccc2[nH]c(C3CCN(C(=O)C(C)C)CC3)cc2c1. The van der Waals surface area contributed by atoms with Gasteiger partial charge in [-0.05, 0) is 37.1 Å². The summed E-state index contributed by atoms with van der Waals surface area (Å²) in [4.78, 5) is 17.6. The van der Waals surface area contributed by atoms with E-state index in [-0.39, 0.29) is 11.8 Å². The molecule has 0 spiro atoms. The van der Waals surface area contributed by atoms with Crippen LogP contribution in [0.5, 0.6) is 5.75 Å². The average molecular weight is 300 g/mol. The van der Waals surface area contributed by atoms with Crippen molar-refractivity contribution >= 4 is 16.8 Å². The highest BCUT2D eigenvalue weighted by Gasteiger charge is 2.25. The van der Waals surface area contributed by atoms with Crippen molar-refractivity contribution in [2.45, 2.75) is 32.6 Å². The Morgan fingerprint density at radius 1 is 1.27 bits per heavy atom. The molecule has 1 saturated heterocycles. The zero-order chi connectivity index (χ0) is 15.7. The van der Waals surface area contributed by atoms with Crippen LogP contribution in [0.1, 0.15) is 38.3 Å². The molecule has 2 heterocycles. The number of amides is 1. The van der Waals surface area contributed by atoms with Crippen LogP contribution in [0.4, 0.5) is 0 Å². The highest BCUT2D eigenvalue weighted by atomic mass is 16.5. The van der Waals surface area contributed by atoms with E-state index in [4.69, 9.17) is 4.74 Å². The van der Waals surface area contributed by atoms with Crippen molar-refractivity contribution in [3.8, 4) is 5.75 Å². The quantitative estimate of drug-likeness (QED) is 0.942. The molecule has 1 aliphatic rings. The van der Waals surface area contributed by atoms with Crippen LogP contribution in [-0.2, 0) is 4.79 Å². The number of aromatic nitrogens is 1. The highest BCUT2D eigenvalue weighted by molar-refractivity contribution is 5.82. The van der Waals surface area contributed by atoms with Gasteiger partial charge in [0.05, 0.1) is 7.11 Å². The summed E-state index contributed by atoms with van der Waals surface area (Å²) in [5, 5.41) is 1.19. The lowest BCUT2D eigenvalue weighted by Gasteiger charge is -2.32. The standard InChI is InChI=1S/C18H24N2O2/c1-12(2)18(21)20-8-6-13(7-9-20)17-11-14-10-15(22-3)4-5-16(14)19-17/h4-5,10-13,19H,6-9H2,1-3H3. The third-order valence-corrected chi connectivity index (χ3v) is 4.59. The van der Waals surface area contributed by atoms with Crippen LogP contribution in [0, 0.1) is 5.92 Å². The van der Waals surface area contributed by atoms with Gasteiger partial charge in [-0.1, -0.05) is 13.8 Å². The number of ether oxygens (including phenoxy) is 1. The lowest BCUT2D eigenvalue weighted by molar-refractivity contribution is -0.135. The summed E-state index contributed by atoms with van der Waals surface area (Å²) >= 11 is 0. The Labute approximate surface area is 131 Å². The second-order valence-electron chi connectivity index (χ2n) is 6.43. The molecular formula is C18H24N2O2. The molecule has 0 aliphatic carbocycles. The Balaban J connectivity index is 1.72. The van der Waals surface area contributed by atoms with E-state index in [1.807, 2.05) is 24.8 Å². The fourth-order valence-corrected chi connectivity index (χ4v) is 3.26. The summed E-state index contributed by atoms with van der Waals surface area (Å²) in [5.41, 5.74) is 2.43. The summed E-state index contributed by atoms with van der Waals surface area (Å²) in [6.07, 6.45) is 2.06. The van der Waals surface area contributed by atoms with Gasteiger partial charge in [0.15, 0.2) is 0 Å². The summed E-state index contributed by atoms with van der Waals surface area (Å²) < 4.78 is 5.28. The fourth-order valence-electron chi connectivity index (χ4n) is 3.26. The zero-order valence-corrected chi connectivity index (χ0v) is 13.6. The maximum atomic E-state index is 12.1. The molecule has 1 amide bonds. The fraction of sp³-hybridized carbons (Fsp3) is 0.500. The predicted octanol–water partition coefficient (Wildman–Crippen LogP) is 3.54. The molecule has 3 rings (SSSR count). The van der Waals surface area contributed by atoms with Gasteiger partial charge in [-0.25, -0.2) is 0 Å². The number of methoxy groups -OCH3 is 1. The number of piperidine rings is 1. The van der Waals surface area contributed by atoms with Crippen molar-refractivity contribution in [3.63, 3.8) is 0 Å². The van der Waals surface area contributed by atoms with Crippen LogP contribution in [-0.4, -0.2) is 36.0 Å². The molecule has 0 unspecified atom stereocenters. The molecule has 4 nitrogen and oxygen atoms in total. The molecule has 1 aliphatic heterocycles. The van der Waals surface area contributed by atoms with Crippen LogP contribution < -0.4 is 4.74 Å². The number of nitrogens with one attached hydrogen (secondary N) is 1. The van der Waals surface area contributed by atoms with Crippen molar-refractivity contribution in [1.82, 2.24) is 9.88 Å². The zero-order valence-electron chi connectivity index (χ0n) is 13.6. The summed E-state index contributed by atoms with van der Waals surface area (Å²) in [5.74, 6) is 1.77. The molecule has 1 aromatic carbocycles. The number of fused-ring (bicyclic) bond motifs is 1. The third-order valence-electron chi connectivity index (χ3n) is 4.59. The van der Waals surface area contributed by atoms with Gasteiger partial charge in [-0.2, -0.15) is 0 Å². The second kappa shape index (κ2) is 6.03. The van der Waals surface area contributed by atoms with Gasteiger partial charge >= 0.3 is 0 Å². The van der Waals surface area contributed by atoms with Gasteiger partial charge < -0.3 is 14.6 Å². The van der Waals surface area contributed by atoms with E-state index in [1.54, 1.807) is 7.11 Å². The summed E-state index contributed by atoms with van der Waals surface area (Å²) in [6.45, 7) is 5.67. The number of aromatic amines is 1. The van der Waals surface area contributed by atoms with Gasteiger partial charge in [0.1, 0.15) is 5.75 Å². The minimum absolute atomic E-state index is 0.0945. The predicted molar refractivity (Wildman–Crippen MR) is 88.2 cm³/mol. The number of hydrogen-bond acceptors (Lipinski definition) is 2. The number of H-pyrrole nitrogens is 1. The molecule has 118 valence electrons. The number of hydrogen-bond donors (Lipinski definition) is 1. The van der Waals surface area contributed by atoms with Gasteiger partial charge in [-0.3, -0.25) is 4.79 Å². The smallest absolute Gasteiger partial charge is 0.225 e. The topological polar surface area (TPSA) is 45.3 Å². The largest absolute Gasteiger partial charge is 0.497 e. The number of likely N-dealkylation sites (tertiary alicyclic amines) is 1. The Kier molecular flexibility index (Phi) is 4.10. The Hall–Kier alpha value is -1.97. The number of nitrogens with zero attached hydrogens (tertiary/aromatic N) is 1. The van der Waals surface area contributed by atoms with Crippen molar-refractivity contribution in [3.05, 3.63) is 30.0 Å². The van der Waals surface area contributed by atoms with Gasteiger partial charge in [0.25, 0.3) is 0 Å². The maximum Gasteiger partial charge on any atom is 0.225 e. The average Bonchev–Trinajstić information content (AvgIpc) is 2.97. The van der Waals surface area contributed by atoms with E-state index in [0.717, 1.165) is 37.2 Å². The molecule has 4 heteroatoms. The van der Waals surface area contributed by atoms with Gasteiger partial charge in [0, 0.05) is 41.5 Å². The number of benzene rings is 1. The van der Waals surface area contributed by atoms with Crippen LogP contribution in [0.15, 0.2) is 24.3 Å². The van der Waals surface area contributed by atoms with Crippen LogP contribution in [0.2, 0.25) is 0 Å². The van der Waals surface area contributed by atoms with Crippen molar-refractivity contribution in [2.24, 2.45) is 5.92 Å². The Bertz CT molecular complexity index is 667. The Morgan fingerprint density at radius 2 is 2.00 bits per heavy atom. The summed E-state index contributed by atoms with van der Waals surface area (Å²) in [7, 11) is 1.69. The minimum Gasteiger partial charge on any atom is -0.497 e. The van der Waals surface area contributed by atoms with Crippen LogP contribution in [0.3, 0.4) is 0 Å². The van der Waals surface area contributed by atoms with E-state index in [2.05, 4.69) is 23.2 Å². The van der Waals surface area contributed by atoms with E-state index in [0.29, 0.717) is 5.92 Å². The number of carbonyl (C=O) groups excluding carboxylic acids is 1. The lowest BCUT2D eigenvalue weighted by atomic mass is 9.93. The van der Waals surface area contributed by atoms with Crippen LogP contribution >= 0.6 is 0 Å². The van der Waals surface area contributed by atoms with E-state index >= 15 is 0 Å². The molecule has 22 heavy (non-hydrogen) atoms. The minimum atomic E-state index is 0.0945. The molecular weight excluding hydrogens is 276 g/mol. The molecule has 1 fully saturated rings. The Morgan fingerprint density at radius 3 is 2.64 bits per heavy atom. The van der Waals surface area contributed by atoms with Crippen molar-refractivity contribution in [2.75, 3.05) is 20.2 Å². The van der Waals surface area contributed by atoms with Gasteiger partial charge in [0.2, 0.25) is 5.91 Å². The van der Waals surface area contributed by atoms with E-state index < -0.39 is 0 Å². The summed E-state index contributed by atoms with van der Waals surface area (Å²) in [6, 6.07) is 8.33. The van der Waals surface area contributed by atoms with Crippen LogP contribution in [0.25, 0.3) is 10.9 Å². The molecule has 0 bridgehead atoms. The van der Waals surface area contributed by atoms with Gasteiger partial charge in [-0.15, -0.1) is 0 Å². The first-order valence-corrected chi connectivity index (χ1v) is 8.04. The highest BCUT2D eigenvalue weighted by Crippen LogP contribution is 2.31. The number of rotatable bonds is 3. The van der Waals surface area contributed by atoms with Crippen molar-refractivity contribution in [1.29, 1.82) is 0 Å². The third kappa shape index (κ3) is 2.82. The second-order valence-corrected chi connectivity index (χ2v) is 6.43. The molecule has 0 saturated carbocycles. The first-order valence-electron chi connectivity index (χ1n) is 8.04. The molecule has 0 radical (unpaired) electrons. The first-order chi connectivity index (χ1) is 10.6. The van der Waals surface area contributed by atoms with E-state index in [1.165, 1.54) is 11.1 Å². The monoisotopic (exact) mass is 300 g/mol. The first kappa shape index (κ1) is 14.9. The lowest BCUT2D eigenvalue weighted by Crippen LogP contribution is -2.40. The molecule has 1 N–H and O–H groups in total. The molecule has 1 aromatic heterocycles. The molecule has 0 atom stereocenters. The van der Waals surface area contributed by atoms with Crippen molar-refractivity contribution < 1.29 is 9.53 Å². The normalized spacial score (nSPS) is 16.5. The number of carbonyl (C=O) groups is 1. The van der Waals surface area contributed by atoms with E-state index in [9.17, 15) is 4.79 Å². The molecule has 2 aromatic rings. The maximum absolute atomic E-state index is 12.1.